The third-order valence-corrected chi connectivity index (χ3v) is 4.87. The Morgan fingerprint density at radius 1 is 1.30 bits per heavy atom. The van der Waals surface area contributed by atoms with E-state index in [-0.39, 0.29) is 6.42 Å². The number of aliphatic carboxylic acids is 1. The topological polar surface area (TPSA) is 95.9 Å². The van der Waals surface area contributed by atoms with Crippen molar-refractivity contribution in [3.8, 4) is 0 Å². The molecule has 0 radical (unpaired) electrons. The van der Waals surface area contributed by atoms with E-state index in [0.717, 1.165) is 9.13 Å². The maximum absolute atomic E-state index is 12.7. The average molecular weight is 488 g/mol. The van der Waals surface area contributed by atoms with Gasteiger partial charge in [-0.1, -0.05) is 12.1 Å². The lowest BCUT2D eigenvalue weighted by Gasteiger charge is -2.28. The molecule has 27 heavy (non-hydrogen) atoms. The highest BCUT2D eigenvalue weighted by atomic mass is 127. The third kappa shape index (κ3) is 6.37. The molecule has 0 aliphatic carbocycles. The van der Waals surface area contributed by atoms with Crippen LogP contribution >= 0.6 is 22.6 Å². The molecule has 0 spiro atoms. The second-order valence-electron chi connectivity index (χ2n) is 7.56. The van der Waals surface area contributed by atoms with E-state index in [9.17, 15) is 19.5 Å². The Kier molecular flexibility index (Phi) is 7.07. The first-order valence-corrected chi connectivity index (χ1v) is 9.92. The molecule has 7 nitrogen and oxygen atoms in total. The third-order valence-electron chi connectivity index (χ3n) is 4.15. The highest BCUT2D eigenvalue weighted by Gasteiger charge is 2.37. The Hall–Kier alpha value is -1.84. The Morgan fingerprint density at radius 3 is 2.48 bits per heavy atom. The molecule has 0 bridgehead atoms. The van der Waals surface area contributed by atoms with Crippen LogP contribution in [0, 0.1) is 3.57 Å². The number of carbonyl (C=O) groups excluding carboxylic acids is 2. The number of hydrogen-bond donors (Lipinski definition) is 2. The minimum atomic E-state index is -1.11. The van der Waals surface area contributed by atoms with Gasteiger partial charge in [-0.05, 0) is 73.9 Å². The predicted octanol–water partition coefficient (Wildman–Crippen LogP) is 2.80. The van der Waals surface area contributed by atoms with Crippen LogP contribution in [0.2, 0.25) is 0 Å². The predicted molar refractivity (Wildman–Crippen MR) is 108 cm³/mol. The van der Waals surface area contributed by atoms with Crippen molar-refractivity contribution in [1.29, 1.82) is 0 Å². The Bertz CT molecular complexity index is 699. The number of nitrogens with one attached hydrogen (secondary N) is 1. The number of carboxylic acid groups (broad SMARTS) is 1. The van der Waals surface area contributed by atoms with Gasteiger partial charge in [0.2, 0.25) is 5.91 Å². The fourth-order valence-electron chi connectivity index (χ4n) is 2.90. The van der Waals surface area contributed by atoms with Crippen LogP contribution in [-0.4, -0.2) is 52.2 Å². The van der Waals surface area contributed by atoms with Crippen LogP contribution in [0.4, 0.5) is 4.79 Å². The van der Waals surface area contributed by atoms with Gasteiger partial charge in [-0.2, -0.15) is 0 Å². The van der Waals surface area contributed by atoms with E-state index in [1.54, 1.807) is 20.8 Å². The SMILES string of the molecule is CC(C)(C)OC(=O)N1CCC[C@H]1C(=O)N[C@@H](Cc1ccc(I)cc1)C(=O)O. The van der Waals surface area contributed by atoms with Gasteiger partial charge in [-0.3, -0.25) is 9.69 Å². The molecule has 2 N–H and O–H groups in total. The fraction of sp³-hybridized carbons (Fsp3) is 0.526. The van der Waals surface area contributed by atoms with Gasteiger partial charge >= 0.3 is 12.1 Å². The minimum absolute atomic E-state index is 0.178. The lowest BCUT2D eigenvalue weighted by molar-refractivity contribution is -0.142. The monoisotopic (exact) mass is 488 g/mol. The van der Waals surface area contributed by atoms with E-state index in [0.29, 0.717) is 19.4 Å². The summed E-state index contributed by atoms with van der Waals surface area (Å²) in [6.07, 6.45) is 0.786. The maximum Gasteiger partial charge on any atom is 0.410 e. The van der Waals surface area contributed by atoms with E-state index in [1.807, 2.05) is 24.3 Å². The number of carboxylic acids is 1. The standard InChI is InChI=1S/C19H25IN2O5/c1-19(2,3)27-18(26)22-10-4-5-15(22)16(23)21-14(17(24)25)11-12-6-8-13(20)9-7-12/h6-9,14-15H,4-5,10-11H2,1-3H3,(H,21,23)(H,24,25)/t14-,15-/m0/s1. The van der Waals surface area contributed by atoms with E-state index >= 15 is 0 Å². The summed E-state index contributed by atoms with van der Waals surface area (Å²) in [6.45, 7) is 5.70. The minimum Gasteiger partial charge on any atom is -0.480 e. The summed E-state index contributed by atoms with van der Waals surface area (Å²) in [6, 6.07) is 5.69. The number of ether oxygens (including phenoxy) is 1. The van der Waals surface area contributed by atoms with Gasteiger partial charge in [0.15, 0.2) is 0 Å². The zero-order valence-corrected chi connectivity index (χ0v) is 17.9. The molecule has 2 atom stereocenters. The molecule has 8 heteroatoms. The molecule has 1 aromatic rings. The molecule has 0 saturated carbocycles. The number of rotatable bonds is 5. The van der Waals surface area contributed by atoms with Gasteiger partial charge in [0.25, 0.3) is 0 Å². The molecule has 1 saturated heterocycles. The van der Waals surface area contributed by atoms with Crippen molar-refractivity contribution in [3.05, 3.63) is 33.4 Å². The van der Waals surface area contributed by atoms with Crippen molar-refractivity contribution >= 4 is 40.6 Å². The number of nitrogens with zero attached hydrogens (tertiary/aromatic N) is 1. The summed E-state index contributed by atoms with van der Waals surface area (Å²) in [4.78, 5) is 38.0. The lowest BCUT2D eigenvalue weighted by Crippen LogP contribution is -2.52. The van der Waals surface area contributed by atoms with Crippen LogP contribution in [0.3, 0.4) is 0 Å². The van der Waals surface area contributed by atoms with Crippen LogP contribution in [0.5, 0.6) is 0 Å². The number of benzene rings is 1. The lowest BCUT2D eigenvalue weighted by atomic mass is 10.1. The average Bonchev–Trinajstić information content (AvgIpc) is 3.04. The molecular weight excluding hydrogens is 463 g/mol. The van der Waals surface area contributed by atoms with Crippen molar-refractivity contribution in [3.63, 3.8) is 0 Å². The van der Waals surface area contributed by atoms with Crippen LogP contribution in [0.25, 0.3) is 0 Å². The summed E-state index contributed by atoms with van der Waals surface area (Å²) < 4.78 is 6.40. The molecule has 1 heterocycles. The van der Waals surface area contributed by atoms with Crippen molar-refractivity contribution in [2.24, 2.45) is 0 Å². The second kappa shape index (κ2) is 8.90. The molecule has 0 aromatic heterocycles. The highest BCUT2D eigenvalue weighted by molar-refractivity contribution is 14.1. The quantitative estimate of drug-likeness (QED) is 0.622. The largest absolute Gasteiger partial charge is 0.480 e. The van der Waals surface area contributed by atoms with Gasteiger partial charge in [0.05, 0.1) is 0 Å². The second-order valence-corrected chi connectivity index (χ2v) is 8.81. The molecule has 1 aliphatic rings. The summed E-state index contributed by atoms with van der Waals surface area (Å²) in [5.41, 5.74) is 0.160. The van der Waals surface area contributed by atoms with Gasteiger partial charge < -0.3 is 15.2 Å². The number of hydrogen-bond acceptors (Lipinski definition) is 4. The maximum atomic E-state index is 12.7. The summed E-state index contributed by atoms with van der Waals surface area (Å²) in [5, 5.41) is 12.1. The van der Waals surface area contributed by atoms with E-state index in [4.69, 9.17) is 4.74 Å². The molecule has 148 valence electrons. The van der Waals surface area contributed by atoms with Gasteiger partial charge in [-0.15, -0.1) is 0 Å². The molecule has 1 fully saturated rings. The first-order chi connectivity index (χ1) is 12.6. The van der Waals surface area contributed by atoms with Gasteiger partial charge in [0.1, 0.15) is 17.7 Å². The molecule has 2 amide bonds. The number of likely N-dealkylation sites (tertiary alicyclic amines) is 1. The number of halogens is 1. The van der Waals surface area contributed by atoms with Crippen LogP contribution in [-0.2, 0) is 20.7 Å². The van der Waals surface area contributed by atoms with Crippen molar-refractivity contribution < 1.29 is 24.2 Å². The zero-order valence-electron chi connectivity index (χ0n) is 15.7. The Morgan fingerprint density at radius 2 is 1.93 bits per heavy atom. The molecule has 2 rings (SSSR count). The van der Waals surface area contributed by atoms with Crippen molar-refractivity contribution in [1.82, 2.24) is 10.2 Å². The summed E-state index contributed by atoms with van der Waals surface area (Å²) >= 11 is 2.17. The fourth-order valence-corrected chi connectivity index (χ4v) is 3.26. The van der Waals surface area contributed by atoms with Crippen LogP contribution in [0.15, 0.2) is 24.3 Å². The first-order valence-electron chi connectivity index (χ1n) is 8.84. The van der Waals surface area contributed by atoms with E-state index in [1.165, 1.54) is 4.90 Å². The van der Waals surface area contributed by atoms with Gasteiger partial charge in [0, 0.05) is 16.5 Å². The highest BCUT2D eigenvalue weighted by Crippen LogP contribution is 2.21. The van der Waals surface area contributed by atoms with Gasteiger partial charge in [-0.25, -0.2) is 9.59 Å². The molecule has 0 unspecified atom stereocenters. The first kappa shape index (κ1) is 21.5. The number of carbonyl (C=O) groups is 3. The van der Waals surface area contributed by atoms with Crippen LogP contribution < -0.4 is 5.32 Å². The Labute approximate surface area is 172 Å². The van der Waals surface area contributed by atoms with Crippen LogP contribution in [0.1, 0.15) is 39.2 Å². The van der Waals surface area contributed by atoms with E-state index < -0.39 is 35.7 Å². The molecule has 1 aromatic carbocycles. The molecule has 1 aliphatic heterocycles. The van der Waals surface area contributed by atoms with Crippen molar-refractivity contribution in [2.75, 3.05) is 6.54 Å². The summed E-state index contributed by atoms with van der Waals surface area (Å²) in [7, 11) is 0. The smallest absolute Gasteiger partial charge is 0.410 e. The Balaban J connectivity index is 2.04. The van der Waals surface area contributed by atoms with Crippen molar-refractivity contribution in [2.45, 2.75) is 57.7 Å². The van der Waals surface area contributed by atoms with E-state index in [2.05, 4.69) is 27.9 Å². The molecular formula is C19H25IN2O5. The number of amides is 2. The summed E-state index contributed by atoms with van der Waals surface area (Å²) in [5.74, 6) is -1.57. The zero-order chi connectivity index (χ0) is 20.2. The normalized spacial score (nSPS) is 18.1.